The number of amides is 1. The molecule has 4 rings (SSSR count). The third-order valence-electron chi connectivity index (χ3n) is 6.79. The van der Waals surface area contributed by atoms with Crippen LogP contribution in [0.15, 0.2) is 54.6 Å². The van der Waals surface area contributed by atoms with Gasteiger partial charge in [-0.3, -0.25) is 4.79 Å². The maximum atomic E-state index is 13.5. The molecule has 0 saturated carbocycles. The van der Waals surface area contributed by atoms with Crippen LogP contribution in [0.5, 0.6) is 0 Å². The molecule has 0 N–H and O–H groups in total. The number of carbonyl (C=O) groups excluding carboxylic acids is 1. The molecule has 2 heterocycles. The monoisotopic (exact) mass is 459 g/mol. The zero-order valence-electron chi connectivity index (χ0n) is 21.2. The predicted molar refractivity (Wildman–Crippen MR) is 139 cm³/mol. The average Bonchev–Trinajstić information content (AvgIpc) is 3.18. The largest absolute Gasteiger partial charge is 0.354 e. The Hall–Kier alpha value is -3.12. The number of aromatic nitrogens is 2. The first-order chi connectivity index (χ1) is 16.4. The Morgan fingerprint density at radius 2 is 1.62 bits per heavy atom. The van der Waals surface area contributed by atoms with Crippen LogP contribution in [0.4, 0.5) is 5.82 Å². The van der Waals surface area contributed by atoms with E-state index in [2.05, 4.69) is 54.3 Å². The van der Waals surface area contributed by atoms with Crippen LogP contribution in [0.1, 0.15) is 48.0 Å². The van der Waals surface area contributed by atoms with E-state index in [0.29, 0.717) is 6.54 Å². The molecular formula is C28H37N5O. The molecule has 0 atom stereocenters. The van der Waals surface area contributed by atoms with Gasteiger partial charge in [-0.1, -0.05) is 42.8 Å². The summed E-state index contributed by atoms with van der Waals surface area (Å²) < 4.78 is 2.07. The summed E-state index contributed by atoms with van der Waals surface area (Å²) in [4.78, 5) is 20.4. The van der Waals surface area contributed by atoms with Crippen molar-refractivity contribution in [1.82, 2.24) is 19.6 Å². The highest BCUT2D eigenvalue weighted by Crippen LogP contribution is 2.30. The molecule has 34 heavy (non-hydrogen) atoms. The molecule has 2 aromatic carbocycles. The second kappa shape index (κ2) is 10.4. The first-order valence-electron chi connectivity index (χ1n) is 12.4. The Bertz CT molecular complexity index is 1100. The van der Waals surface area contributed by atoms with E-state index in [-0.39, 0.29) is 11.9 Å². The van der Waals surface area contributed by atoms with Crippen molar-refractivity contribution in [2.75, 3.05) is 37.6 Å². The number of benzene rings is 2. The highest BCUT2D eigenvalue weighted by molar-refractivity contribution is 5.94. The Labute approximate surface area is 203 Å². The lowest BCUT2D eigenvalue weighted by Gasteiger charge is -2.36. The van der Waals surface area contributed by atoms with E-state index in [1.165, 1.54) is 0 Å². The van der Waals surface area contributed by atoms with Crippen LogP contribution in [0.2, 0.25) is 0 Å². The number of carbonyl (C=O) groups is 1. The number of rotatable bonds is 7. The normalized spacial score (nSPS) is 14.6. The summed E-state index contributed by atoms with van der Waals surface area (Å²) in [6, 6.07) is 18.2. The number of aryl methyl sites for hydroxylation is 2. The lowest BCUT2D eigenvalue weighted by Crippen LogP contribution is -2.47. The zero-order valence-corrected chi connectivity index (χ0v) is 21.2. The summed E-state index contributed by atoms with van der Waals surface area (Å²) in [6.07, 6.45) is 0. The van der Waals surface area contributed by atoms with Crippen LogP contribution in [0, 0.1) is 13.8 Å². The molecule has 0 unspecified atom stereocenters. The van der Waals surface area contributed by atoms with Crippen molar-refractivity contribution in [1.29, 1.82) is 0 Å². The number of likely N-dealkylation sites (N-methyl/N-ethyl adjacent to an activating group) is 1. The molecular weight excluding hydrogens is 422 g/mol. The number of hydrogen-bond acceptors (Lipinski definition) is 4. The van der Waals surface area contributed by atoms with Crippen molar-refractivity contribution >= 4 is 11.7 Å². The highest BCUT2D eigenvalue weighted by atomic mass is 16.2. The first kappa shape index (κ1) is 24.0. The van der Waals surface area contributed by atoms with Gasteiger partial charge < -0.3 is 14.7 Å². The van der Waals surface area contributed by atoms with Crippen LogP contribution < -0.4 is 4.90 Å². The van der Waals surface area contributed by atoms with Gasteiger partial charge >= 0.3 is 0 Å². The molecule has 1 aliphatic heterocycles. The highest BCUT2D eigenvalue weighted by Gasteiger charge is 2.28. The topological polar surface area (TPSA) is 44.6 Å². The van der Waals surface area contributed by atoms with Gasteiger partial charge in [0.25, 0.3) is 5.91 Å². The Balaban J connectivity index is 1.73. The zero-order chi connectivity index (χ0) is 24.2. The van der Waals surface area contributed by atoms with Crippen molar-refractivity contribution in [3.05, 3.63) is 77.0 Å². The van der Waals surface area contributed by atoms with Crippen molar-refractivity contribution in [2.45, 2.75) is 47.2 Å². The van der Waals surface area contributed by atoms with E-state index in [1.54, 1.807) is 0 Å². The van der Waals surface area contributed by atoms with Gasteiger partial charge in [0.1, 0.15) is 5.82 Å². The standard InChI is InChI=1S/C28H37N5O/c1-6-30-16-18-31(19-17-30)27-26(23(5)29-33(27)25-10-8-7-9-11-25)20-32(21(2)3)28(34)24-14-12-22(4)13-15-24/h7-15,21H,6,16-20H2,1-5H3. The lowest BCUT2D eigenvalue weighted by molar-refractivity contribution is 0.0690. The van der Waals surface area contributed by atoms with E-state index >= 15 is 0 Å². The third-order valence-corrected chi connectivity index (χ3v) is 6.79. The SMILES string of the molecule is CCN1CCN(c2c(CN(C(=O)c3ccc(C)cc3)C(C)C)c(C)nn2-c2ccccc2)CC1. The maximum absolute atomic E-state index is 13.5. The minimum atomic E-state index is 0.0589. The Morgan fingerprint density at radius 3 is 2.21 bits per heavy atom. The fraction of sp³-hybridized carbons (Fsp3) is 0.429. The second-order valence-corrected chi connectivity index (χ2v) is 9.45. The number of piperazine rings is 1. The number of anilines is 1. The molecule has 180 valence electrons. The van der Waals surface area contributed by atoms with Gasteiger partial charge in [0.15, 0.2) is 0 Å². The summed E-state index contributed by atoms with van der Waals surface area (Å²) in [7, 11) is 0. The molecule has 0 bridgehead atoms. The van der Waals surface area contributed by atoms with E-state index < -0.39 is 0 Å². The van der Waals surface area contributed by atoms with Crippen LogP contribution in [-0.4, -0.2) is 64.3 Å². The van der Waals surface area contributed by atoms with Crippen LogP contribution in [-0.2, 0) is 6.54 Å². The molecule has 0 spiro atoms. The average molecular weight is 460 g/mol. The quantitative estimate of drug-likeness (QED) is 0.515. The van der Waals surface area contributed by atoms with Gasteiger partial charge in [-0.15, -0.1) is 0 Å². The van der Waals surface area contributed by atoms with Crippen LogP contribution >= 0.6 is 0 Å². The van der Waals surface area contributed by atoms with Crippen LogP contribution in [0.3, 0.4) is 0 Å². The summed E-state index contributed by atoms with van der Waals surface area (Å²) in [6.45, 7) is 16.1. The van der Waals surface area contributed by atoms with Crippen molar-refractivity contribution in [3.63, 3.8) is 0 Å². The van der Waals surface area contributed by atoms with E-state index in [1.807, 2.05) is 54.3 Å². The number of hydrogen-bond donors (Lipinski definition) is 0. The number of para-hydroxylation sites is 1. The van der Waals surface area contributed by atoms with Crippen molar-refractivity contribution < 1.29 is 4.79 Å². The number of nitrogens with zero attached hydrogens (tertiary/aromatic N) is 5. The van der Waals surface area contributed by atoms with Crippen LogP contribution in [0.25, 0.3) is 5.69 Å². The Morgan fingerprint density at radius 1 is 0.971 bits per heavy atom. The maximum Gasteiger partial charge on any atom is 0.254 e. The summed E-state index contributed by atoms with van der Waals surface area (Å²) >= 11 is 0. The van der Waals surface area contributed by atoms with Crippen molar-refractivity contribution in [3.8, 4) is 5.69 Å². The van der Waals surface area contributed by atoms with E-state index in [0.717, 1.165) is 66.6 Å². The molecule has 6 nitrogen and oxygen atoms in total. The molecule has 0 radical (unpaired) electrons. The van der Waals surface area contributed by atoms with Gasteiger partial charge in [-0.25, -0.2) is 4.68 Å². The third kappa shape index (κ3) is 5.02. The lowest BCUT2D eigenvalue weighted by atomic mass is 10.1. The van der Waals surface area contributed by atoms with Gasteiger partial charge in [0.05, 0.1) is 17.9 Å². The van der Waals surface area contributed by atoms with E-state index in [4.69, 9.17) is 5.10 Å². The molecule has 0 aliphatic carbocycles. The van der Waals surface area contributed by atoms with Crippen molar-refractivity contribution in [2.24, 2.45) is 0 Å². The molecule has 1 aliphatic rings. The van der Waals surface area contributed by atoms with E-state index in [9.17, 15) is 4.79 Å². The van der Waals surface area contributed by atoms with Gasteiger partial charge in [-0.2, -0.15) is 5.10 Å². The smallest absolute Gasteiger partial charge is 0.254 e. The molecule has 3 aromatic rings. The summed E-state index contributed by atoms with van der Waals surface area (Å²) in [5.74, 6) is 1.17. The Kier molecular flexibility index (Phi) is 7.37. The summed E-state index contributed by atoms with van der Waals surface area (Å²) in [5.41, 5.74) is 5.03. The predicted octanol–water partition coefficient (Wildman–Crippen LogP) is 4.68. The molecule has 1 saturated heterocycles. The summed E-state index contributed by atoms with van der Waals surface area (Å²) in [5, 5.41) is 4.97. The molecule has 6 heteroatoms. The molecule has 1 amide bonds. The fourth-order valence-corrected chi connectivity index (χ4v) is 4.60. The second-order valence-electron chi connectivity index (χ2n) is 9.45. The fourth-order valence-electron chi connectivity index (χ4n) is 4.60. The first-order valence-corrected chi connectivity index (χ1v) is 12.4. The minimum Gasteiger partial charge on any atom is -0.354 e. The van der Waals surface area contributed by atoms with Gasteiger partial charge in [0, 0.05) is 43.3 Å². The van der Waals surface area contributed by atoms with Gasteiger partial charge in [-0.05, 0) is 58.5 Å². The molecule has 1 fully saturated rings. The van der Waals surface area contributed by atoms with Gasteiger partial charge in [0.2, 0.25) is 0 Å². The minimum absolute atomic E-state index is 0.0589. The molecule has 1 aromatic heterocycles.